The average Bonchev–Trinajstić information content (AvgIpc) is 2.52. The third-order valence-corrected chi connectivity index (χ3v) is 3.01. The van der Waals surface area contributed by atoms with Crippen LogP contribution in [0.1, 0.15) is 5.56 Å². The Hall–Kier alpha value is -3.26. The molecule has 2 rings (SSSR count). The molecule has 0 aliphatic rings. The first kappa shape index (κ1) is 15.1. The van der Waals surface area contributed by atoms with Gasteiger partial charge < -0.3 is 15.7 Å². The van der Waals surface area contributed by atoms with Crippen LogP contribution in [-0.4, -0.2) is 11.0 Å². The van der Waals surface area contributed by atoms with Crippen molar-refractivity contribution >= 4 is 17.3 Å². The van der Waals surface area contributed by atoms with Crippen molar-refractivity contribution in [2.45, 2.75) is 6.92 Å². The third kappa shape index (κ3) is 3.87. The van der Waals surface area contributed by atoms with E-state index in [1.165, 1.54) is 18.3 Å². The molecule has 0 heterocycles. The SMILES string of the molecule is Cc1ccccc1N/C=C(/C#N)C(=O)Nc1ccc(O)cc1. The molecule has 0 aliphatic heterocycles. The van der Waals surface area contributed by atoms with Gasteiger partial charge in [0, 0.05) is 17.6 Å². The summed E-state index contributed by atoms with van der Waals surface area (Å²) >= 11 is 0. The van der Waals surface area contributed by atoms with E-state index in [9.17, 15) is 9.90 Å². The van der Waals surface area contributed by atoms with Gasteiger partial charge >= 0.3 is 0 Å². The van der Waals surface area contributed by atoms with Crippen LogP contribution in [-0.2, 0) is 4.79 Å². The summed E-state index contributed by atoms with van der Waals surface area (Å²) < 4.78 is 0. The highest BCUT2D eigenvalue weighted by molar-refractivity contribution is 6.06. The van der Waals surface area contributed by atoms with Crippen molar-refractivity contribution in [2.75, 3.05) is 10.6 Å². The number of phenols is 1. The predicted octanol–water partition coefficient (Wildman–Crippen LogP) is 3.16. The van der Waals surface area contributed by atoms with Crippen LogP contribution in [0.5, 0.6) is 5.75 Å². The number of phenolic OH excluding ortho intramolecular Hbond substituents is 1. The van der Waals surface area contributed by atoms with E-state index in [0.29, 0.717) is 5.69 Å². The van der Waals surface area contributed by atoms with E-state index in [-0.39, 0.29) is 11.3 Å². The van der Waals surface area contributed by atoms with Crippen molar-refractivity contribution < 1.29 is 9.90 Å². The number of nitrogens with one attached hydrogen (secondary N) is 2. The number of anilines is 2. The summed E-state index contributed by atoms with van der Waals surface area (Å²) in [6.45, 7) is 1.93. The molecule has 5 heteroatoms. The molecule has 0 radical (unpaired) electrons. The lowest BCUT2D eigenvalue weighted by Crippen LogP contribution is -2.14. The fourth-order valence-electron chi connectivity index (χ4n) is 1.78. The van der Waals surface area contributed by atoms with Gasteiger partial charge in [-0.15, -0.1) is 0 Å². The van der Waals surface area contributed by atoms with Gasteiger partial charge in [-0.05, 0) is 42.8 Å². The van der Waals surface area contributed by atoms with Crippen LogP contribution < -0.4 is 10.6 Å². The Bertz CT molecular complexity index is 743. The summed E-state index contributed by atoms with van der Waals surface area (Å²) in [5, 5.41) is 23.8. The minimum absolute atomic E-state index is 0.0451. The largest absolute Gasteiger partial charge is 0.508 e. The van der Waals surface area contributed by atoms with Crippen LogP contribution in [0.2, 0.25) is 0 Å². The van der Waals surface area contributed by atoms with Gasteiger partial charge in [0.2, 0.25) is 0 Å². The lowest BCUT2D eigenvalue weighted by Gasteiger charge is -2.07. The lowest BCUT2D eigenvalue weighted by molar-refractivity contribution is -0.112. The Balaban J connectivity index is 2.09. The highest BCUT2D eigenvalue weighted by Gasteiger charge is 2.09. The Morgan fingerprint density at radius 2 is 1.86 bits per heavy atom. The zero-order valence-corrected chi connectivity index (χ0v) is 12.0. The number of para-hydroxylation sites is 1. The van der Waals surface area contributed by atoms with Crippen LogP contribution in [0.15, 0.2) is 60.3 Å². The second-order valence-corrected chi connectivity index (χ2v) is 4.63. The molecule has 0 unspecified atom stereocenters. The van der Waals surface area contributed by atoms with E-state index in [2.05, 4.69) is 10.6 Å². The minimum Gasteiger partial charge on any atom is -0.508 e. The van der Waals surface area contributed by atoms with Crippen molar-refractivity contribution in [1.82, 2.24) is 0 Å². The Kier molecular flexibility index (Phi) is 4.78. The van der Waals surface area contributed by atoms with E-state index >= 15 is 0 Å². The number of aryl methyl sites for hydroxylation is 1. The topological polar surface area (TPSA) is 85.2 Å². The number of hydrogen-bond donors (Lipinski definition) is 3. The van der Waals surface area contributed by atoms with Crippen molar-refractivity contribution in [2.24, 2.45) is 0 Å². The first-order valence-electron chi connectivity index (χ1n) is 6.63. The second-order valence-electron chi connectivity index (χ2n) is 4.63. The molecule has 5 nitrogen and oxygen atoms in total. The number of nitriles is 1. The molecule has 2 aromatic rings. The summed E-state index contributed by atoms with van der Waals surface area (Å²) in [4.78, 5) is 12.0. The number of carbonyl (C=O) groups is 1. The molecular formula is C17H15N3O2. The summed E-state index contributed by atoms with van der Waals surface area (Å²) in [5.74, 6) is -0.412. The predicted molar refractivity (Wildman–Crippen MR) is 85.2 cm³/mol. The minimum atomic E-state index is -0.519. The quantitative estimate of drug-likeness (QED) is 0.459. The zero-order valence-electron chi connectivity index (χ0n) is 12.0. The summed E-state index contributed by atoms with van der Waals surface area (Å²) in [7, 11) is 0. The van der Waals surface area contributed by atoms with E-state index < -0.39 is 5.91 Å². The van der Waals surface area contributed by atoms with Gasteiger partial charge in [-0.2, -0.15) is 5.26 Å². The zero-order chi connectivity index (χ0) is 15.9. The van der Waals surface area contributed by atoms with Crippen LogP contribution >= 0.6 is 0 Å². The standard InChI is InChI=1S/C17H15N3O2/c1-12-4-2-3-5-16(12)19-11-13(10-18)17(22)20-14-6-8-15(21)9-7-14/h2-9,11,19,21H,1H3,(H,20,22)/b13-11-. The number of rotatable bonds is 4. The first-order valence-corrected chi connectivity index (χ1v) is 6.63. The molecule has 0 atom stereocenters. The number of amides is 1. The molecule has 0 saturated carbocycles. The molecule has 0 fully saturated rings. The third-order valence-electron chi connectivity index (χ3n) is 3.01. The monoisotopic (exact) mass is 293 g/mol. The van der Waals surface area contributed by atoms with E-state index in [4.69, 9.17) is 5.26 Å². The summed E-state index contributed by atoms with van der Waals surface area (Å²) in [5.41, 5.74) is 2.29. The highest BCUT2D eigenvalue weighted by atomic mass is 16.3. The van der Waals surface area contributed by atoms with Gasteiger partial charge in [-0.1, -0.05) is 18.2 Å². The van der Waals surface area contributed by atoms with Crippen LogP contribution in [0, 0.1) is 18.3 Å². The number of benzene rings is 2. The van der Waals surface area contributed by atoms with Gasteiger partial charge in [0.15, 0.2) is 0 Å². The van der Waals surface area contributed by atoms with Crippen LogP contribution in [0.4, 0.5) is 11.4 Å². The maximum Gasteiger partial charge on any atom is 0.267 e. The Labute approximate surface area is 128 Å². The molecular weight excluding hydrogens is 278 g/mol. The number of hydrogen-bond acceptors (Lipinski definition) is 4. The molecule has 1 amide bonds. The maximum atomic E-state index is 12.0. The average molecular weight is 293 g/mol. The van der Waals surface area contributed by atoms with E-state index in [1.54, 1.807) is 12.1 Å². The van der Waals surface area contributed by atoms with Crippen molar-refractivity contribution in [3.05, 3.63) is 65.9 Å². The van der Waals surface area contributed by atoms with Gasteiger partial charge in [-0.25, -0.2) is 0 Å². The number of carbonyl (C=O) groups excluding carboxylic acids is 1. The molecule has 0 aromatic heterocycles. The molecule has 3 N–H and O–H groups in total. The number of nitrogens with zero attached hydrogens (tertiary/aromatic N) is 1. The summed E-state index contributed by atoms with van der Waals surface area (Å²) in [6.07, 6.45) is 1.37. The Morgan fingerprint density at radius 3 is 2.50 bits per heavy atom. The lowest BCUT2D eigenvalue weighted by atomic mass is 10.2. The van der Waals surface area contributed by atoms with Crippen molar-refractivity contribution in [3.8, 4) is 11.8 Å². The van der Waals surface area contributed by atoms with Gasteiger partial charge in [-0.3, -0.25) is 4.79 Å². The van der Waals surface area contributed by atoms with Crippen LogP contribution in [0.3, 0.4) is 0 Å². The maximum absolute atomic E-state index is 12.0. The van der Waals surface area contributed by atoms with Crippen molar-refractivity contribution in [3.63, 3.8) is 0 Å². The molecule has 0 spiro atoms. The fourth-order valence-corrected chi connectivity index (χ4v) is 1.78. The Morgan fingerprint density at radius 1 is 1.18 bits per heavy atom. The molecule has 2 aromatic carbocycles. The molecule has 0 bridgehead atoms. The molecule has 0 aliphatic carbocycles. The second kappa shape index (κ2) is 6.95. The van der Waals surface area contributed by atoms with E-state index in [1.807, 2.05) is 37.3 Å². The first-order chi connectivity index (χ1) is 10.6. The summed E-state index contributed by atoms with van der Waals surface area (Å²) in [6, 6.07) is 15.4. The molecule has 0 saturated heterocycles. The van der Waals surface area contributed by atoms with Gasteiger partial charge in [0.25, 0.3) is 5.91 Å². The smallest absolute Gasteiger partial charge is 0.267 e. The van der Waals surface area contributed by atoms with Gasteiger partial charge in [0.1, 0.15) is 17.4 Å². The molecule has 110 valence electrons. The highest BCUT2D eigenvalue weighted by Crippen LogP contribution is 2.16. The normalized spacial score (nSPS) is 10.6. The van der Waals surface area contributed by atoms with Crippen molar-refractivity contribution in [1.29, 1.82) is 5.26 Å². The van der Waals surface area contributed by atoms with Crippen LogP contribution in [0.25, 0.3) is 0 Å². The molecule has 22 heavy (non-hydrogen) atoms. The fraction of sp³-hybridized carbons (Fsp3) is 0.0588. The number of aromatic hydroxyl groups is 1. The van der Waals surface area contributed by atoms with E-state index in [0.717, 1.165) is 11.3 Å². The van der Waals surface area contributed by atoms with Gasteiger partial charge in [0.05, 0.1) is 0 Å².